The molecule has 6 heteroatoms. The first-order chi connectivity index (χ1) is 14.1. The van der Waals surface area contributed by atoms with Crippen LogP contribution in [0.25, 0.3) is 17.1 Å². The van der Waals surface area contributed by atoms with Crippen molar-refractivity contribution in [1.82, 2.24) is 19.7 Å². The van der Waals surface area contributed by atoms with Crippen LogP contribution in [0.3, 0.4) is 0 Å². The fourth-order valence-electron chi connectivity index (χ4n) is 3.32. The maximum Gasteiger partial charge on any atom is 0.196 e. The van der Waals surface area contributed by atoms with Crippen molar-refractivity contribution in [3.63, 3.8) is 0 Å². The lowest BCUT2D eigenvalue weighted by molar-refractivity contribution is 0.414. The minimum absolute atomic E-state index is 0.792. The van der Waals surface area contributed by atoms with Gasteiger partial charge < -0.3 is 4.74 Å². The first-order valence-corrected chi connectivity index (χ1v) is 10.3. The molecule has 0 atom stereocenters. The summed E-state index contributed by atoms with van der Waals surface area (Å²) in [7, 11) is 1.67. The molecule has 0 bridgehead atoms. The molecule has 146 valence electrons. The van der Waals surface area contributed by atoms with Crippen LogP contribution in [0.1, 0.15) is 16.7 Å². The maximum absolute atomic E-state index is 5.31. The van der Waals surface area contributed by atoms with Crippen LogP contribution < -0.4 is 4.74 Å². The van der Waals surface area contributed by atoms with E-state index < -0.39 is 0 Å². The zero-order valence-electron chi connectivity index (χ0n) is 16.7. The Kier molecular flexibility index (Phi) is 5.62. The summed E-state index contributed by atoms with van der Waals surface area (Å²) in [6.07, 6.45) is 3.54. The van der Waals surface area contributed by atoms with Gasteiger partial charge in [0.1, 0.15) is 5.75 Å². The van der Waals surface area contributed by atoms with E-state index in [1.807, 2.05) is 36.4 Å². The molecule has 4 rings (SSSR count). The van der Waals surface area contributed by atoms with Crippen molar-refractivity contribution in [3.05, 3.63) is 83.7 Å². The van der Waals surface area contributed by atoms with E-state index in [0.717, 1.165) is 33.7 Å². The average molecular weight is 403 g/mol. The van der Waals surface area contributed by atoms with Gasteiger partial charge in [0.05, 0.1) is 7.11 Å². The van der Waals surface area contributed by atoms with E-state index in [1.54, 1.807) is 31.3 Å². The van der Waals surface area contributed by atoms with Gasteiger partial charge in [-0.15, -0.1) is 10.2 Å². The molecular formula is C23H22N4OS. The number of hydrogen-bond acceptors (Lipinski definition) is 5. The quantitative estimate of drug-likeness (QED) is 0.413. The molecule has 0 amide bonds. The van der Waals surface area contributed by atoms with Gasteiger partial charge in [0.25, 0.3) is 0 Å². The molecule has 5 nitrogen and oxygen atoms in total. The van der Waals surface area contributed by atoms with Crippen molar-refractivity contribution in [1.29, 1.82) is 0 Å². The SMILES string of the molecule is COc1ccc(-n2c(SCc3cc(C)cc(C)c3)nnc2-c2ccncc2)cc1. The lowest BCUT2D eigenvalue weighted by Crippen LogP contribution is -2.00. The van der Waals surface area contributed by atoms with Crippen molar-refractivity contribution in [2.24, 2.45) is 0 Å². The Balaban J connectivity index is 1.72. The highest BCUT2D eigenvalue weighted by Crippen LogP contribution is 2.30. The van der Waals surface area contributed by atoms with E-state index >= 15 is 0 Å². The van der Waals surface area contributed by atoms with Crippen molar-refractivity contribution in [2.75, 3.05) is 7.11 Å². The highest BCUT2D eigenvalue weighted by atomic mass is 32.2. The molecule has 0 saturated carbocycles. The molecule has 0 fully saturated rings. The number of pyridine rings is 1. The minimum atomic E-state index is 0.792. The molecule has 0 spiro atoms. The largest absolute Gasteiger partial charge is 0.497 e. The Morgan fingerprint density at radius 3 is 2.24 bits per heavy atom. The van der Waals surface area contributed by atoms with Crippen LogP contribution in [-0.4, -0.2) is 26.9 Å². The monoisotopic (exact) mass is 402 g/mol. The lowest BCUT2D eigenvalue weighted by atomic mass is 10.1. The average Bonchev–Trinajstić information content (AvgIpc) is 3.16. The van der Waals surface area contributed by atoms with Crippen LogP contribution in [0, 0.1) is 13.8 Å². The standard InChI is InChI=1S/C23H22N4OS/c1-16-12-17(2)14-18(13-16)15-29-23-26-25-22(19-8-10-24-11-9-19)27(23)20-4-6-21(28-3)7-5-20/h4-14H,15H2,1-3H3. The third kappa shape index (κ3) is 4.32. The predicted octanol–water partition coefficient (Wildman–Crippen LogP) is 5.25. The summed E-state index contributed by atoms with van der Waals surface area (Å²) in [5, 5.41) is 9.83. The highest BCUT2D eigenvalue weighted by molar-refractivity contribution is 7.98. The summed E-state index contributed by atoms with van der Waals surface area (Å²) < 4.78 is 7.39. The number of thioether (sulfide) groups is 1. The summed E-state index contributed by atoms with van der Waals surface area (Å²) in [6.45, 7) is 4.26. The van der Waals surface area contributed by atoms with Crippen LogP contribution in [-0.2, 0) is 5.75 Å². The number of methoxy groups -OCH3 is 1. The van der Waals surface area contributed by atoms with Crippen LogP contribution in [0.5, 0.6) is 5.75 Å². The summed E-state index contributed by atoms with van der Waals surface area (Å²) >= 11 is 1.68. The fourth-order valence-corrected chi connectivity index (χ4v) is 4.20. The summed E-state index contributed by atoms with van der Waals surface area (Å²) in [4.78, 5) is 4.12. The van der Waals surface area contributed by atoms with Gasteiger partial charge in [-0.3, -0.25) is 9.55 Å². The topological polar surface area (TPSA) is 52.8 Å². The van der Waals surface area contributed by atoms with Crippen molar-refractivity contribution < 1.29 is 4.74 Å². The Morgan fingerprint density at radius 2 is 1.59 bits per heavy atom. The van der Waals surface area contributed by atoms with E-state index in [4.69, 9.17) is 4.74 Å². The van der Waals surface area contributed by atoms with Crippen molar-refractivity contribution in [2.45, 2.75) is 24.8 Å². The molecule has 0 aliphatic heterocycles. The van der Waals surface area contributed by atoms with Gasteiger partial charge in [0.2, 0.25) is 0 Å². The van der Waals surface area contributed by atoms with E-state index in [2.05, 4.69) is 51.8 Å². The van der Waals surface area contributed by atoms with Gasteiger partial charge in [-0.2, -0.15) is 0 Å². The number of rotatable bonds is 6. The molecule has 2 heterocycles. The first kappa shape index (κ1) is 19.2. The Bertz CT molecular complexity index is 1090. The second-order valence-electron chi connectivity index (χ2n) is 6.86. The normalized spacial score (nSPS) is 10.9. The van der Waals surface area contributed by atoms with Gasteiger partial charge in [-0.25, -0.2) is 0 Å². The van der Waals surface area contributed by atoms with Crippen LogP contribution in [0.2, 0.25) is 0 Å². The number of benzene rings is 2. The zero-order valence-corrected chi connectivity index (χ0v) is 17.5. The van der Waals surface area contributed by atoms with Gasteiger partial charge in [0.15, 0.2) is 11.0 Å². The number of nitrogens with zero attached hydrogens (tertiary/aromatic N) is 4. The summed E-state index contributed by atoms with van der Waals surface area (Å²) in [5.41, 5.74) is 5.79. The molecule has 0 aliphatic carbocycles. The number of hydrogen-bond donors (Lipinski definition) is 0. The molecule has 0 aliphatic rings. The highest BCUT2D eigenvalue weighted by Gasteiger charge is 2.16. The van der Waals surface area contributed by atoms with Gasteiger partial charge >= 0.3 is 0 Å². The molecule has 0 radical (unpaired) electrons. The number of aromatic nitrogens is 4. The molecule has 2 aromatic heterocycles. The third-order valence-electron chi connectivity index (χ3n) is 4.55. The van der Waals surface area contributed by atoms with Crippen LogP contribution >= 0.6 is 11.8 Å². The summed E-state index contributed by atoms with van der Waals surface area (Å²) in [5.74, 6) is 2.44. The first-order valence-electron chi connectivity index (χ1n) is 9.34. The Labute approximate surface area is 174 Å². The van der Waals surface area contributed by atoms with Gasteiger partial charge in [0, 0.05) is 29.4 Å². The van der Waals surface area contributed by atoms with E-state index in [0.29, 0.717) is 0 Å². The van der Waals surface area contributed by atoms with Crippen molar-refractivity contribution >= 4 is 11.8 Å². The van der Waals surface area contributed by atoms with E-state index in [-0.39, 0.29) is 0 Å². The molecule has 2 aromatic carbocycles. The second kappa shape index (κ2) is 8.49. The van der Waals surface area contributed by atoms with Gasteiger partial charge in [-0.05, 0) is 55.8 Å². The number of ether oxygens (including phenoxy) is 1. The van der Waals surface area contributed by atoms with Gasteiger partial charge in [-0.1, -0.05) is 41.1 Å². The van der Waals surface area contributed by atoms with Crippen LogP contribution in [0.4, 0.5) is 0 Å². The van der Waals surface area contributed by atoms with E-state index in [9.17, 15) is 0 Å². The smallest absolute Gasteiger partial charge is 0.196 e. The zero-order chi connectivity index (χ0) is 20.2. The molecule has 4 aromatic rings. The Hall–Kier alpha value is -3.12. The molecule has 0 saturated heterocycles. The molecule has 29 heavy (non-hydrogen) atoms. The second-order valence-corrected chi connectivity index (χ2v) is 7.80. The maximum atomic E-state index is 5.31. The summed E-state index contributed by atoms with van der Waals surface area (Å²) in [6, 6.07) is 18.5. The molecule has 0 unspecified atom stereocenters. The Morgan fingerprint density at radius 1 is 0.897 bits per heavy atom. The third-order valence-corrected chi connectivity index (χ3v) is 5.55. The molecular weight excluding hydrogens is 380 g/mol. The minimum Gasteiger partial charge on any atom is -0.497 e. The molecule has 0 N–H and O–H groups in total. The lowest BCUT2D eigenvalue weighted by Gasteiger charge is -2.11. The fraction of sp³-hybridized carbons (Fsp3) is 0.174. The number of aryl methyl sites for hydroxylation is 2. The van der Waals surface area contributed by atoms with E-state index in [1.165, 1.54) is 16.7 Å². The van der Waals surface area contributed by atoms with Crippen molar-refractivity contribution in [3.8, 4) is 22.8 Å². The predicted molar refractivity (Wildman–Crippen MR) is 117 cm³/mol. The van der Waals surface area contributed by atoms with Crippen LogP contribution in [0.15, 0.2) is 72.1 Å².